The van der Waals surface area contributed by atoms with Gasteiger partial charge in [0.2, 0.25) is 0 Å². The summed E-state index contributed by atoms with van der Waals surface area (Å²) in [6.45, 7) is 1.55. The van der Waals surface area contributed by atoms with Gasteiger partial charge in [-0.05, 0) is 43.2 Å². The number of nitrogens with zero attached hydrogens (tertiary/aromatic N) is 3. The minimum Gasteiger partial charge on any atom is -0.397 e. The van der Waals surface area contributed by atoms with Crippen molar-refractivity contribution in [2.45, 2.75) is 23.8 Å². The number of rotatable bonds is 5. The van der Waals surface area contributed by atoms with Crippen molar-refractivity contribution < 1.29 is 13.2 Å². The summed E-state index contributed by atoms with van der Waals surface area (Å²) >= 11 is 0. The first-order valence-corrected chi connectivity index (χ1v) is 12.4. The molecule has 3 aromatic rings. The summed E-state index contributed by atoms with van der Waals surface area (Å²) in [7, 11) is -3.30. The first-order chi connectivity index (χ1) is 15.7. The zero-order valence-corrected chi connectivity index (χ0v) is 19.0. The van der Waals surface area contributed by atoms with Crippen LogP contribution in [0.1, 0.15) is 23.3 Å². The number of carbonyl (C=O) groups is 1. The molecule has 9 nitrogen and oxygen atoms in total. The standard InChI is InChI=1S/C23H26N6O3S/c1-33(31,32)17-6-4-15(5-7-17)19-9-8-18(25)22(27-19)23(30)28-20-13-26-11-10-21(20)29-12-2-3-16(24)14-29/h4-11,13,16H,2-3,12,14,24-25H2,1H3,(H,28,30)/t16-/m0/s1. The molecule has 0 spiro atoms. The number of anilines is 3. The number of hydrogen-bond acceptors (Lipinski definition) is 8. The Morgan fingerprint density at radius 2 is 1.91 bits per heavy atom. The molecule has 0 bridgehead atoms. The highest BCUT2D eigenvalue weighted by molar-refractivity contribution is 7.90. The van der Waals surface area contributed by atoms with Crippen molar-refractivity contribution in [1.82, 2.24) is 9.97 Å². The van der Waals surface area contributed by atoms with Crippen LogP contribution >= 0.6 is 0 Å². The first kappa shape index (κ1) is 22.7. The van der Waals surface area contributed by atoms with E-state index in [1.54, 1.807) is 36.7 Å². The molecule has 3 heterocycles. The molecule has 1 amide bonds. The van der Waals surface area contributed by atoms with Crippen molar-refractivity contribution in [2.24, 2.45) is 5.73 Å². The highest BCUT2D eigenvalue weighted by Crippen LogP contribution is 2.28. The van der Waals surface area contributed by atoms with Crippen LogP contribution in [-0.2, 0) is 9.84 Å². The lowest BCUT2D eigenvalue weighted by atomic mass is 10.1. The normalized spacial score (nSPS) is 16.4. The van der Waals surface area contributed by atoms with Gasteiger partial charge in [0.1, 0.15) is 0 Å². The lowest BCUT2D eigenvalue weighted by Gasteiger charge is -2.33. The number of amides is 1. The van der Waals surface area contributed by atoms with Crippen LogP contribution in [0.25, 0.3) is 11.3 Å². The monoisotopic (exact) mass is 466 g/mol. The van der Waals surface area contributed by atoms with Gasteiger partial charge in [0.25, 0.3) is 5.91 Å². The molecular weight excluding hydrogens is 440 g/mol. The van der Waals surface area contributed by atoms with E-state index in [1.165, 1.54) is 12.1 Å². The van der Waals surface area contributed by atoms with Crippen LogP contribution in [0.3, 0.4) is 0 Å². The smallest absolute Gasteiger partial charge is 0.276 e. The second kappa shape index (κ2) is 9.16. The Kier molecular flexibility index (Phi) is 6.30. The molecule has 0 aliphatic carbocycles. The summed E-state index contributed by atoms with van der Waals surface area (Å²) in [5.41, 5.74) is 15.1. The third-order valence-electron chi connectivity index (χ3n) is 5.56. The molecule has 33 heavy (non-hydrogen) atoms. The van der Waals surface area contributed by atoms with E-state index in [0.29, 0.717) is 23.5 Å². The van der Waals surface area contributed by atoms with E-state index in [-0.39, 0.29) is 22.3 Å². The van der Waals surface area contributed by atoms with Gasteiger partial charge in [-0.2, -0.15) is 0 Å². The quantitative estimate of drug-likeness (QED) is 0.519. The average molecular weight is 467 g/mol. The SMILES string of the molecule is CS(=O)(=O)c1ccc(-c2ccc(N)c(C(=O)Nc3cnccc3N3CCC[C@H](N)C3)n2)cc1. The summed E-state index contributed by atoms with van der Waals surface area (Å²) in [4.78, 5) is 24.0. The van der Waals surface area contributed by atoms with Crippen molar-refractivity contribution in [2.75, 3.05) is 35.3 Å². The minimum atomic E-state index is -3.30. The molecule has 1 aliphatic rings. The number of pyridine rings is 2. The van der Waals surface area contributed by atoms with Crippen molar-refractivity contribution in [3.8, 4) is 11.3 Å². The first-order valence-electron chi connectivity index (χ1n) is 10.6. The molecule has 1 fully saturated rings. The zero-order chi connectivity index (χ0) is 23.6. The van der Waals surface area contributed by atoms with Gasteiger partial charge in [-0.1, -0.05) is 12.1 Å². The lowest BCUT2D eigenvalue weighted by molar-refractivity contribution is 0.102. The molecule has 0 radical (unpaired) electrons. The fourth-order valence-corrected chi connectivity index (χ4v) is 4.49. The lowest BCUT2D eigenvalue weighted by Crippen LogP contribution is -2.43. The van der Waals surface area contributed by atoms with Crippen LogP contribution < -0.4 is 21.7 Å². The van der Waals surface area contributed by atoms with E-state index in [4.69, 9.17) is 11.5 Å². The third-order valence-corrected chi connectivity index (χ3v) is 6.69. The number of piperidine rings is 1. The van der Waals surface area contributed by atoms with E-state index in [0.717, 1.165) is 31.3 Å². The van der Waals surface area contributed by atoms with E-state index in [9.17, 15) is 13.2 Å². The van der Waals surface area contributed by atoms with Gasteiger partial charge in [0.15, 0.2) is 15.5 Å². The van der Waals surface area contributed by atoms with E-state index >= 15 is 0 Å². The van der Waals surface area contributed by atoms with E-state index in [2.05, 4.69) is 20.2 Å². The maximum atomic E-state index is 13.1. The molecule has 1 saturated heterocycles. The number of benzene rings is 1. The second-order valence-corrected chi connectivity index (χ2v) is 10.1. The Bertz CT molecular complexity index is 1280. The van der Waals surface area contributed by atoms with Crippen molar-refractivity contribution >= 4 is 32.8 Å². The Labute approximate surface area is 192 Å². The fraction of sp³-hybridized carbons (Fsp3) is 0.261. The number of carbonyl (C=O) groups excluding carboxylic acids is 1. The molecule has 1 aliphatic heterocycles. The number of nitrogens with two attached hydrogens (primary N) is 2. The predicted molar refractivity (Wildman–Crippen MR) is 129 cm³/mol. The summed E-state index contributed by atoms with van der Waals surface area (Å²) in [5, 5.41) is 2.88. The zero-order valence-electron chi connectivity index (χ0n) is 18.2. The highest BCUT2D eigenvalue weighted by atomic mass is 32.2. The average Bonchev–Trinajstić information content (AvgIpc) is 2.79. The van der Waals surface area contributed by atoms with Gasteiger partial charge in [-0.15, -0.1) is 0 Å². The van der Waals surface area contributed by atoms with Gasteiger partial charge >= 0.3 is 0 Å². The van der Waals surface area contributed by atoms with Gasteiger partial charge in [0, 0.05) is 37.1 Å². The maximum Gasteiger partial charge on any atom is 0.276 e. The number of aromatic nitrogens is 2. The molecule has 10 heteroatoms. The van der Waals surface area contributed by atoms with Crippen LogP contribution in [-0.4, -0.2) is 49.7 Å². The molecule has 172 valence electrons. The Hall–Kier alpha value is -3.50. The van der Waals surface area contributed by atoms with Gasteiger partial charge < -0.3 is 21.7 Å². The number of nitrogen functional groups attached to an aromatic ring is 1. The number of hydrogen-bond donors (Lipinski definition) is 3. The van der Waals surface area contributed by atoms with Gasteiger partial charge in [-0.25, -0.2) is 13.4 Å². The molecule has 5 N–H and O–H groups in total. The summed E-state index contributed by atoms with van der Waals surface area (Å²) in [6, 6.07) is 11.5. The van der Waals surface area contributed by atoms with E-state index < -0.39 is 15.7 Å². The van der Waals surface area contributed by atoms with Crippen molar-refractivity contribution in [3.05, 3.63) is 60.6 Å². The van der Waals surface area contributed by atoms with Gasteiger partial charge in [0.05, 0.1) is 33.8 Å². The Balaban J connectivity index is 1.60. The van der Waals surface area contributed by atoms with Crippen LogP contribution in [0.15, 0.2) is 59.8 Å². The molecule has 4 rings (SSSR count). The molecule has 1 atom stereocenters. The van der Waals surface area contributed by atoms with Gasteiger partial charge in [-0.3, -0.25) is 9.78 Å². The topological polar surface area (TPSA) is 144 Å². The molecule has 2 aromatic heterocycles. The fourth-order valence-electron chi connectivity index (χ4n) is 3.85. The molecule has 0 unspecified atom stereocenters. The predicted octanol–water partition coefficient (Wildman–Crippen LogP) is 2.31. The Morgan fingerprint density at radius 1 is 1.15 bits per heavy atom. The number of nitrogens with one attached hydrogen (secondary N) is 1. The summed E-state index contributed by atoms with van der Waals surface area (Å²) in [5.74, 6) is -0.460. The van der Waals surface area contributed by atoms with Crippen LogP contribution in [0.5, 0.6) is 0 Å². The van der Waals surface area contributed by atoms with Crippen molar-refractivity contribution in [1.29, 1.82) is 0 Å². The number of sulfone groups is 1. The van der Waals surface area contributed by atoms with E-state index in [1.807, 2.05) is 6.07 Å². The Morgan fingerprint density at radius 3 is 2.61 bits per heavy atom. The largest absolute Gasteiger partial charge is 0.397 e. The third kappa shape index (κ3) is 5.12. The molecule has 1 aromatic carbocycles. The van der Waals surface area contributed by atoms with Crippen LogP contribution in [0, 0.1) is 0 Å². The minimum absolute atomic E-state index is 0.0739. The molecule has 0 saturated carbocycles. The van der Waals surface area contributed by atoms with Crippen molar-refractivity contribution in [3.63, 3.8) is 0 Å². The summed E-state index contributed by atoms with van der Waals surface area (Å²) < 4.78 is 23.4. The molecular formula is C23H26N6O3S. The van der Waals surface area contributed by atoms with Crippen LogP contribution in [0.4, 0.5) is 17.1 Å². The second-order valence-electron chi connectivity index (χ2n) is 8.13. The maximum absolute atomic E-state index is 13.1. The summed E-state index contributed by atoms with van der Waals surface area (Å²) in [6.07, 6.45) is 6.37. The van der Waals surface area contributed by atoms with Crippen LogP contribution in [0.2, 0.25) is 0 Å². The highest BCUT2D eigenvalue weighted by Gasteiger charge is 2.21.